The first-order valence-corrected chi connectivity index (χ1v) is 6.73. The summed E-state index contributed by atoms with van der Waals surface area (Å²) in [6.07, 6.45) is 2.66. The Balaban J connectivity index is 2.08. The Morgan fingerprint density at radius 2 is 2.26 bits per heavy atom. The maximum absolute atomic E-state index is 10.8. The van der Waals surface area contributed by atoms with Crippen LogP contribution >= 0.6 is 11.6 Å². The van der Waals surface area contributed by atoms with Crippen LogP contribution in [0.3, 0.4) is 0 Å². The van der Waals surface area contributed by atoms with Crippen LogP contribution in [0.25, 0.3) is 0 Å². The molecule has 1 aromatic carbocycles. The van der Waals surface area contributed by atoms with Crippen LogP contribution in [-0.2, 0) is 0 Å². The fraction of sp³-hybridized carbons (Fsp3) is 0.538. The molecule has 0 heterocycles. The fourth-order valence-corrected chi connectivity index (χ4v) is 2.73. The molecule has 2 unspecified atom stereocenters. The average molecular weight is 285 g/mol. The molecule has 2 rings (SSSR count). The second-order valence-electron chi connectivity index (χ2n) is 5.01. The van der Waals surface area contributed by atoms with Gasteiger partial charge in [0.25, 0.3) is 5.69 Å². The molecule has 0 radical (unpaired) electrons. The Labute approximate surface area is 116 Å². The van der Waals surface area contributed by atoms with Gasteiger partial charge in [-0.1, -0.05) is 18.0 Å². The van der Waals surface area contributed by atoms with E-state index < -0.39 is 4.92 Å². The summed E-state index contributed by atoms with van der Waals surface area (Å²) in [5, 5.41) is 23.9. The van der Waals surface area contributed by atoms with E-state index in [1.165, 1.54) is 6.07 Å². The van der Waals surface area contributed by atoms with Gasteiger partial charge in [0.1, 0.15) is 5.02 Å². The summed E-state index contributed by atoms with van der Waals surface area (Å²) in [5.74, 6) is 0.244. The number of benzene rings is 1. The molecule has 1 aromatic rings. The Bertz CT molecular complexity index is 493. The Morgan fingerprint density at radius 1 is 1.53 bits per heavy atom. The number of nitrogens with zero attached hydrogens (tertiary/aromatic N) is 1. The normalized spacial score (nSPS) is 22.5. The van der Waals surface area contributed by atoms with Gasteiger partial charge in [0.15, 0.2) is 0 Å². The van der Waals surface area contributed by atoms with Gasteiger partial charge < -0.3 is 10.4 Å². The number of aliphatic hydroxyl groups excluding tert-OH is 1. The maximum Gasteiger partial charge on any atom is 0.288 e. The lowest BCUT2D eigenvalue weighted by Gasteiger charge is -2.17. The zero-order chi connectivity index (χ0) is 14.0. The first-order valence-electron chi connectivity index (χ1n) is 6.35. The smallest absolute Gasteiger partial charge is 0.288 e. The highest BCUT2D eigenvalue weighted by Crippen LogP contribution is 2.31. The largest absolute Gasteiger partial charge is 0.393 e. The molecule has 0 bridgehead atoms. The standard InChI is InChI=1S/C13H17ClN2O3/c1-8-5-12(16(18)19)10(14)6-11(8)15-7-9-3-2-4-13(9)17/h5-6,9,13,15,17H,2-4,7H2,1H3. The van der Waals surface area contributed by atoms with Crippen molar-refractivity contribution < 1.29 is 10.0 Å². The molecule has 1 aliphatic carbocycles. The Morgan fingerprint density at radius 3 is 2.84 bits per heavy atom. The highest BCUT2D eigenvalue weighted by atomic mass is 35.5. The quantitative estimate of drug-likeness (QED) is 0.658. The van der Waals surface area contributed by atoms with E-state index in [2.05, 4.69) is 5.32 Å². The Hall–Kier alpha value is -1.33. The molecule has 1 saturated carbocycles. The molecule has 0 amide bonds. The van der Waals surface area contributed by atoms with Crippen molar-refractivity contribution >= 4 is 23.0 Å². The fourth-order valence-electron chi connectivity index (χ4n) is 2.49. The molecule has 5 nitrogen and oxygen atoms in total. The zero-order valence-electron chi connectivity index (χ0n) is 10.7. The van der Waals surface area contributed by atoms with E-state index in [0.29, 0.717) is 6.54 Å². The molecule has 6 heteroatoms. The van der Waals surface area contributed by atoms with Gasteiger partial charge in [0.05, 0.1) is 11.0 Å². The highest BCUT2D eigenvalue weighted by molar-refractivity contribution is 6.33. The minimum absolute atomic E-state index is 0.0781. The van der Waals surface area contributed by atoms with Crippen molar-refractivity contribution in [1.82, 2.24) is 0 Å². The van der Waals surface area contributed by atoms with Crippen molar-refractivity contribution in [3.8, 4) is 0 Å². The van der Waals surface area contributed by atoms with Gasteiger partial charge in [-0.2, -0.15) is 0 Å². The lowest BCUT2D eigenvalue weighted by molar-refractivity contribution is -0.384. The number of halogens is 1. The molecule has 1 aliphatic rings. The second kappa shape index (κ2) is 5.75. The minimum atomic E-state index is -0.486. The van der Waals surface area contributed by atoms with Gasteiger partial charge in [-0.25, -0.2) is 0 Å². The van der Waals surface area contributed by atoms with Crippen molar-refractivity contribution in [1.29, 1.82) is 0 Å². The summed E-state index contributed by atoms with van der Waals surface area (Å²) >= 11 is 5.89. The highest BCUT2D eigenvalue weighted by Gasteiger charge is 2.25. The maximum atomic E-state index is 10.8. The lowest BCUT2D eigenvalue weighted by atomic mass is 10.1. The van der Waals surface area contributed by atoms with Gasteiger partial charge in [-0.3, -0.25) is 10.1 Å². The van der Waals surface area contributed by atoms with E-state index in [-0.39, 0.29) is 22.7 Å². The first-order chi connectivity index (χ1) is 8.99. The van der Waals surface area contributed by atoms with Crippen LogP contribution in [0.2, 0.25) is 5.02 Å². The van der Waals surface area contributed by atoms with Crippen LogP contribution in [-0.4, -0.2) is 22.7 Å². The average Bonchev–Trinajstić information content (AvgIpc) is 2.75. The number of nitrogens with one attached hydrogen (secondary N) is 1. The van der Waals surface area contributed by atoms with E-state index in [0.717, 1.165) is 30.5 Å². The first kappa shape index (κ1) is 14.1. The number of aryl methyl sites for hydroxylation is 1. The van der Waals surface area contributed by atoms with Gasteiger partial charge in [-0.15, -0.1) is 0 Å². The molecule has 0 aliphatic heterocycles. The molecule has 0 aromatic heterocycles. The molecule has 1 fully saturated rings. The molecule has 19 heavy (non-hydrogen) atoms. The number of anilines is 1. The van der Waals surface area contributed by atoms with Crippen LogP contribution in [0.1, 0.15) is 24.8 Å². The van der Waals surface area contributed by atoms with Gasteiger partial charge >= 0.3 is 0 Å². The predicted octanol–water partition coefficient (Wildman–Crippen LogP) is 3.13. The molecule has 2 N–H and O–H groups in total. The third-order valence-corrected chi connectivity index (χ3v) is 3.97. The van der Waals surface area contributed by atoms with Crippen molar-refractivity contribution in [2.75, 3.05) is 11.9 Å². The van der Waals surface area contributed by atoms with Crippen molar-refractivity contribution in [2.24, 2.45) is 5.92 Å². The number of nitro benzene ring substituents is 1. The van der Waals surface area contributed by atoms with E-state index in [1.807, 2.05) is 0 Å². The van der Waals surface area contributed by atoms with Gasteiger partial charge in [0, 0.05) is 24.2 Å². The predicted molar refractivity (Wildman–Crippen MR) is 74.7 cm³/mol. The molecule has 0 spiro atoms. The summed E-state index contributed by atoms with van der Waals surface area (Å²) in [6, 6.07) is 3.05. The third kappa shape index (κ3) is 3.16. The summed E-state index contributed by atoms with van der Waals surface area (Å²) in [5.41, 5.74) is 1.49. The number of hydrogen-bond acceptors (Lipinski definition) is 4. The van der Waals surface area contributed by atoms with Crippen LogP contribution in [0.4, 0.5) is 11.4 Å². The number of aliphatic hydroxyl groups is 1. The SMILES string of the molecule is Cc1cc([N+](=O)[O-])c(Cl)cc1NCC1CCCC1O. The van der Waals surface area contributed by atoms with Crippen molar-refractivity contribution in [3.05, 3.63) is 32.8 Å². The topological polar surface area (TPSA) is 75.4 Å². The zero-order valence-corrected chi connectivity index (χ0v) is 11.5. The minimum Gasteiger partial charge on any atom is -0.393 e. The Kier molecular flexibility index (Phi) is 4.27. The lowest BCUT2D eigenvalue weighted by Crippen LogP contribution is -2.22. The van der Waals surface area contributed by atoms with Gasteiger partial charge in [0.2, 0.25) is 0 Å². The van der Waals surface area contributed by atoms with Crippen molar-refractivity contribution in [2.45, 2.75) is 32.3 Å². The van der Waals surface area contributed by atoms with Crippen molar-refractivity contribution in [3.63, 3.8) is 0 Å². The second-order valence-corrected chi connectivity index (χ2v) is 5.42. The third-order valence-electron chi connectivity index (χ3n) is 3.66. The van der Waals surface area contributed by atoms with E-state index in [9.17, 15) is 15.2 Å². The molecular formula is C13H17ClN2O3. The summed E-state index contributed by atoms with van der Waals surface area (Å²) in [7, 11) is 0. The summed E-state index contributed by atoms with van der Waals surface area (Å²) in [4.78, 5) is 10.3. The van der Waals surface area contributed by atoms with E-state index in [1.54, 1.807) is 13.0 Å². The molecule has 104 valence electrons. The molecular weight excluding hydrogens is 268 g/mol. The van der Waals surface area contributed by atoms with E-state index in [4.69, 9.17) is 11.6 Å². The monoisotopic (exact) mass is 284 g/mol. The van der Waals surface area contributed by atoms with E-state index >= 15 is 0 Å². The van der Waals surface area contributed by atoms with Crippen LogP contribution in [0, 0.1) is 23.0 Å². The number of nitro groups is 1. The number of hydrogen-bond donors (Lipinski definition) is 2. The van der Waals surface area contributed by atoms with Crippen LogP contribution in [0.15, 0.2) is 12.1 Å². The van der Waals surface area contributed by atoms with Gasteiger partial charge in [-0.05, 0) is 31.4 Å². The molecule has 2 atom stereocenters. The van der Waals surface area contributed by atoms with Crippen LogP contribution in [0.5, 0.6) is 0 Å². The van der Waals surface area contributed by atoms with Crippen LogP contribution < -0.4 is 5.32 Å². The summed E-state index contributed by atoms with van der Waals surface area (Å²) < 4.78 is 0. The summed E-state index contributed by atoms with van der Waals surface area (Å²) in [6.45, 7) is 2.47. The molecule has 0 saturated heterocycles. The number of rotatable bonds is 4.